The normalized spacial score (nSPS) is 10.4. The van der Waals surface area contributed by atoms with Crippen molar-refractivity contribution < 1.29 is 9.53 Å². The van der Waals surface area contributed by atoms with Gasteiger partial charge in [-0.2, -0.15) is 0 Å². The Morgan fingerprint density at radius 2 is 2.05 bits per heavy atom. The minimum absolute atomic E-state index is 0.107. The Morgan fingerprint density at radius 1 is 1.29 bits per heavy atom. The molecule has 0 fully saturated rings. The summed E-state index contributed by atoms with van der Waals surface area (Å²) in [4.78, 5) is 12.2. The van der Waals surface area contributed by atoms with Crippen molar-refractivity contribution in [2.75, 3.05) is 18.5 Å². The van der Waals surface area contributed by atoms with Crippen molar-refractivity contribution in [1.29, 1.82) is 0 Å². The predicted octanol–water partition coefficient (Wildman–Crippen LogP) is 2.49. The van der Waals surface area contributed by atoms with Crippen LogP contribution in [0.4, 0.5) is 5.69 Å². The number of carbonyl (C=O) groups is 1. The fourth-order valence-corrected chi connectivity index (χ4v) is 2.06. The molecule has 2 aromatic rings. The number of nitrogens with zero attached hydrogens (tertiary/aromatic N) is 1. The maximum absolute atomic E-state index is 12.2. The summed E-state index contributed by atoms with van der Waals surface area (Å²) in [6, 6.07) is 11.0. The molecule has 0 saturated heterocycles. The van der Waals surface area contributed by atoms with Gasteiger partial charge in [0.05, 0.1) is 0 Å². The van der Waals surface area contributed by atoms with Gasteiger partial charge in [0.2, 0.25) is 0 Å². The molecule has 0 bridgehead atoms. The lowest BCUT2D eigenvalue weighted by molar-refractivity contribution is 0.101. The van der Waals surface area contributed by atoms with Crippen molar-refractivity contribution in [3.05, 3.63) is 48.3 Å². The van der Waals surface area contributed by atoms with E-state index in [9.17, 15) is 4.79 Å². The maximum Gasteiger partial charge on any atom is 0.272 e. The molecule has 1 amide bonds. The average Bonchev–Trinajstić information content (AvgIpc) is 2.95. The number of ether oxygens (including phenoxy) is 1. The van der Waals surface area contributed by atoms with Gasteiger partial charge in [0.15, 0.2) is 0 Å². The van der Waals surface area contributed by atoms with E-state index in [4.69, 9.17) is 10.5 Å². The largest absolute Gasteiger partial charge is 0.492 e. The van der Waals surface area contributed by atoms with E-state index < -0.39 is 0 Å². The molecule has 0 aliphatic rings. The van der Waals surface area contributed by atoms with E-state index in [0.717, 1.165) is 24.4 Å². The van der Waals surface area contributed by atoms with E-state index in [-0.39, 0.29) is 5.91 Å². The minimum atomic E-state index is -0.107. The fraction of sp³-hybridized carbons (Fsp3) is 0.312. The lowest BCUT2D eigenvalue weighted by Crippen LogP contribution is -2.16. The molecule has 0 spiro atoms. The second kappa shape index (κ2) is 7.50. The maximum atomic E-state index is 12.2. The van der Waals surface area contributed by atoms with Gasteiger partial charge in [-0.3, -0.25) is 4.79 Å². The number of aryl methyl sites for hydroxylation is 1. The number of amides is 1. The van der Waals surface area contributed by atoms with Crippen LogP contribution < -0.4 is 15.8 Å². The van der Waals surface area contributed by atoms with Crippen LogP contribution in [0.1, 0.15) is 23.8 Å². The van der Waals surface area contributed by atoms with Crippen LogP contribution in [0.2, 0.25) is 0 Å². The average molecular weight is 287 g/mol. The van der Waals surface area contributed by atoms with Crippen LogP contribution in [0.25, 0.3) is 0 Å². The molecular formula is C16H21N3O2. The topological polar surface area (TPSA) is 69.3 Å². The van der Waals surface area contributed by atoms with E-state index in [1.54, 1.807) is 0 Å². The Labute approximate surface area is 124 Å². The van der Waals surface area contributed by atoms with Gasteiger partial charge in [0, 0.05) is 25.0 Å². The van der Waals surface area contributed by atoms with Crippen molar-refractivity contribution in [3.63, 3.8) is 0 Å². The first kappa shape index (κ1) is 15.1. The molecule has 112 valence electrons. The Balaban J connectivity index is 2.00. The summed E-state index contributed by atoms with van der Waals surface area (Å²) in [6.45, 7) is 3.88. The number of anilines is 1. The van der Waals surface area contributed by atoms with Crippen LogP contribution in [0, 0.1) is 0 Å². The number of carbonyl (C=O) groups excluding carboxylic acids is 1. The number of nitrogens with one attached hydrogen (secondary N) is 1. The number of rotatable bonds is 7. The Bertz CT molecular complexity index is 575. The molecule has 5 heteroatoms. The van der Waals surface area contributed by atoms with Crippen LogP contribution in [-0.2, 0) is 6.54 Å². The van der Waals surface area contributed by atoms with E-state index in [0.29, 0.717) is 18.8 Å². The molecule has 5 nitrogen and oxygen atoms in total. The summed E-state index contributed by atoms with van der Waals surface area (Å²) >= 11 is 0. The van der Waals surface area contributed by atoms with Crippen molar-refractivity contribution >= 4 is 11.6 Å². The molecule has 1 aromatic heterocycles. The van der Waals surface area contributed by atoms with E-state index >= 15 is 0 Å². The van der Waals surface area contributed by atoms with Crippen molar-refractivity contribution in [3.8, 4) is 5.75 Å². The summed E-state index contributed by atoms with van der Waals surface area (Å²) in [5.41, 5.74) is 6.79. The molecule has 1 aromatic carbocycles. The van der Waals surface area contributed by atoms with Crippen LogP contribution in [0.3, 0.4) is 0 Å². The van der Waals surface area contributed by atoms with Gasteiger partial charge in [-0.05, 0) is 42.8 Å². The highest BCUT2D eigenvalue weighted by molar-refractivity contribution is 6.03. The first-order valence-electron chi connectivity index (χ1n) is 7.14. The van der Waals surface area contributed by atoms with E-state index in [2.05, 4.69) is 12.2 Å². The lowest BCUT2D eigenvalue weighted by atomic mass is 10.3. The van der Waals surface area contributed by atoms with E-state index in [1.807, 2.05) is 47.2 Å². The predicted molar refractivity (Wildman–Crippen MR) is 83.7 cm³/mol. The van der Waals surface area contributed by atoms with Gasteiger partial charge in [-0.25, -0.2) is 0 Å². The number of aromatic nitrogens is 1. The smallest absolute Gasteiger partial charge is 0.272 e. The van der Waals surface area contributed by atoms with Gasteiger partial charge >= 0.3 is 0 Å². The van der Waals surface area contributed by atoms with Crippen LogP contribution >= 0.6 is 0 Å². The molecule has 0 aliphatic heterocycles. The van der Waals surface area contributed by atoms with Crippen molar-refractivity contribution in [2.45, 2.75) is 19.9 Å². The second-order valence-electron chi connectivity index (χ2n) is 4.70. The van der Waals surface area contributed by atoms with Gasteiger partial charge in [-0.1, -0.05) is 6.92 Å². The first-order chi connectivity index (χ1) is 10.2. The molecule has 0 aliphatic carbocycles. The molecule has 1 heterocycles. The molecule has 3 N–H and O–H groups in total. The molecule has 0 atom stereocenters. The van der Waals surface area contributed by atoms with Crippen LogP contribution in [0.5, 0.6) is 5.75 Å². The zero-order valence-electron chi connectivity index (χ0n) is 12.2. The summed E-state index contributed by atoms with van der Waals surface area (Å²) in [7, 11) is 0. The van der Waals surface area contributed by atoms with Gasteiger partial charge in [-0.15, -0.1) is 0 Å². The zero-order valence-corrected chi connectivity index (χ0v) is 12.2. The highest BCUT2D eigenvalue weighted by Crippen LogP contribution is 2.16. The summed E-state index contributed by atoms with van der Waals surface area (Å²) < 4.78 is 7.35. The van der Waals surface area contributed by atoms with Crippen LogP contribution in [0.15, 0.2) is 42.6 Å². The molecule has 0 saturated carbocycles. The molecule has 2 rings (SSSR count). The third-order valence-corrected chi connectivity index (χ3v) is 3.03. The van der Waals surface area contributed by atoms with Gasteiger partial charge in [0.25, 0.3) is 5.91 Å². The highest BCUT2D eigenvalue weighted by atomic mass is 16.5. The summed E-state index contributed by atoms with van der Waals surface area (Å²) in [5, 5.41) is 2.89. The molecule has 21 heavy (non-hydrogen) atoms. The zero-order chi connectivity index (χ0) is 15.1. The third-order valence-electron chi connectivity index (χ3n) is 3.03. The highest BCUT2D eigenvalue weighted by Gasteiger charge is 2.10. The van der Waals surface area contributed by atoms with Crippen molar-refractivity contribution in [1.82, 2.24) is 4.57 Å². The van der Waals surface area contributed by atoms with Gasteiger partial charge < -0.3 is 20.4 Å². The monoisotopic (exact) mass is 287 g/mol. The Kier molecular flexibility index (Phi) is 5.40. The lowest BCUT2D eigenvalue weighted by Gasteiger charge is -2.10. The molecule has 0 radical (unpaired) electrons. The summed E-state index contributed by atoms with van der Waals surface area (Å²) in [6.07, 6.45) is 2.91. The van der Waals surface area contributed by atoms with Gasteiger partial charge in [0.1, 0.15) is 18.1 Å². The standard InChI is InChI=1S/C16H21N3O2/c1-2-10-19-11-3-4-15(19)16(20)18-13-5-7-14(8-6-13)21-12-9-17/h3-8,11H,2,9-10,12,17H2,1H3,(H,18,20). The Hall–Kier alpha value is -2.27. The molecule has 0 unspecified atom stereocenters. The van der Waals surface area contributed by atoms with Crippen LogP contribution in [-0.4, -0.2) is 23.6 Å². The SMILES string of the molecule is CCCn1cccc1C(=O)Nc1ccc(OCCN)cc1. The number of hydrogen-bond donors (Lipinski definition) is 2. The minimum Gasteiger partial charge on any atom is -0.492 e. The summed E-state index contributed by atoms with van der Waals surface area (Å²) in [5.74, 6) is 0.636. The second-order valence-corrected chi connectivity index (χ2v) is 4.70. The third kappa shape index (κ3) is 4.10. The molecular weight excluding hydrogens is 266 g/mol. The number of hydrogen-bond acceptors (Lipinski definition) is 3. The van der Waals surface area contributed by atoms with E-state index in [1.165, 1.54) is 0 Å². The quantitative estimate of drug-likeness (QED) is 0.822. The number of benzene rings is 1. The first-order valence-corrected chi connectivity index (χ1v) is 7.14. The number of nitrogens with two attached hydrogens (primary N) is 1. The van der Waals surface area contributed by atoms with Crippen molar-refractivity contribution in [2.24, 2.45) is 5.73 Å². The Morgan fingerprint density at radius 3 is 2.71 bits per heavy atom. The fourth-order valence-electron chi connectivity index (χ4n) is 2.06.